The smallest absolute Gasteiger partial charge is 0.196 e. The molecule has 0 saturated heterocycles. The Hall–Kier alpha value is -1.81. The predicted molar refractivity (Wildman–Crippen MR) is 81.0 cm³/mol. The van der Waals surface area contributed by atoms with Crippen LogP contribution in [0.25, 0.3) is 0 Å². The van der Waals surface area contributed by atoms with Gasteiger partial charge in [-0.3, -0.25) is 4.79 Å². The van der Waals surface area contributed by atoms with E-state index in [4.69, 9.17) is 4.74 Å². The maximum absolute atomic E-state index is 12.5. The Kier molecular flexibility index (Phi) is 2.60. The standard InChI is InChI=1S/C18H20O4/c1-10-5-6-12(19)15-14(10)17-8-3-4-11(2)18(17,21)9-7-13(20)16(17)22-15/h5-7,9,11,16,19,21H,3-4,8H2,1-2H3/t11-,16-,17-,18+/m0/s1. The molecule has 4 rings (SSSR count). The van der Waals surface area contributed by atoms with Crippen molar-refractivity contribution in [3.05, 3.63) is 35.4 Å². The predicted octanol–water partition coefficient (Wildman–Crippen LogP) is 2.39. The zero-order chi connectivity index (χ0) is 15.7. The highest BCUT2D eigenvalue weighted by molar-refractivity contribution is 5.98. The van der Waals surface area contributed by atoms with Crippen molar-refractivity contribution >= 4 is 5.78 Å². The van der Waals surface area contributed by atoms with Crippen LogP contribution in [0.15, 0.2) is 24.3 Å². The number of aliphatic hydroxyl groups is 1. The molecule has 1 aromatic carbocycles. The van der Waals surface area contributed by atoms with Crippen LogP contribution < -0.4 is 4.74 Å². The maximum Gasteiger partial charge on any atom is 0.196 e. The fourth-order valence-electron chi connectivity index (χ4n) is 4.82. The van der Waals surface area contributed by atoms with Crippen LogP contribution in [0.4, 0.5) is 0 Å². The lowest BCUT2D eigenvalue weighted by Gasteiger charge is -2.54. The second-order valence-corrected chi connectivity index (χ2v) is 6.93. The summed E-state index contributed by atoms with van der Waals surface area (Å²) in [6.07, 6.45) is 4.90. The van der Waals surface area contributed by atoms with Crippen molar-refractivity contribution in [1.29, 1.82) is 0 Å². The van der Waals surface area contributed by atoms with Crippen LogP contribution in [0.5, 0.6) is 11.5 Å². The highest BCUT2D eigenvalue weighted by atomic mass is 16.5. The van der Waals surface area contributed by atoms with Gasteiger partial charge < -0.3 is 14.9 Å². The molecular weight excluding hydrogens is 280 g/mol. The minimum absolute atomic E-state index is 0.0319. The lowest BCUT2D eigenvalue weighted by Crippen LogP contribution is -2.65. The molecule has 4 nitrogen and oxygen atoms in total. The van der Waals surface area contributed by atoms with Crippen molar-refractivity contribution < 1.29 is 19.7 Å². The third-order valence-electron chi connectivity index (χ3n) is 5.91. The van der Waals surface area contributed by atoms with Gasteiger partial charge in [-0.05, 0) is 49.5 Å². The van der Waals surface area contributed by atoms with Gasteiger partial charge in [-0.2, -0.15) is 0 Å². The summed E-state index contributed by atoms with van der Waals surface area (Å²) >= 11 is 0. The van der Waals surface area contributed by atoms with Gasteiger partial charge in [0.25, 0.3) is 0 Å². The van der Waals surface area contributed by atoms with E-state index in [9.17, 15) is 15.0 Å². The van der Waals surface area contributed by atoms with Crippen LogP contribution in [0.2, 0.25) is 0 Å². The third-order valence-corrected chi connectivity index (χ3v) is 5.91. The number of rotatable bonds is 0. The van der Waals surface area contributed by atoms with Crippen molar-refractivity contribution in [1.82, 2.24) is 0 Å². The molecule has 0 aromatic heterocycles. The third kappa shape index (κ3) is 1.35. The van der Waals surface area contributed by atoms with Crippen molar-refractivity contribution in [2.24, 2.45) is 5.92 Å². The molecule has 2 aliphatic carbocycles. The number of aromatic hydroxyl groups is 1. The van der Waals surface area contributed by atoms with Crippen molar-refractivity contribution in [2.45, 2.75) is 50.2 Å². The van der Waals surface area contributed by atoms with E-state index in [2.05, 4.69) is 0 Å². The molecule has 22 heavy (non-hydrogen) atoms. The Balaban J connectivity index is 2.07. The van der Waals surface area contributed by atoms with Gasteiger partial charge in [0.05, 0.1) is 11.0 Å². The summed E-state index contributed by atoms with van der Waals surface area (Å²) in [7, 11) is 0. The molecule has 1 saturated carbocycles. The molecule has 4 heteroatoms. The normalized spacial score (nSPS) is 39.0. The Bertz CT molecular complexity index is 707. The van der Waals surface area contributed by atoms with Crippen LogP contribution in [0, 0.1) is 12.8 Å². The topological polar surface area (TPSA) is 66.8 Å². The highest BCUT2D eigenvalue weighted by Gasteiger charge is 2.67. The van der Waals surface area contributed by atoms with Crippen LogP contribution in [-0.4, -0.2) is 27.7 Å². The summed E-state index contributed by atoms with van der Waals surface area (Å²) in [5.41, 5.74) is -0.141. The first-order valence-electron chi connectivity index (χ1n) is 7.87. The highest BCUT2D eigenvalue weighted by Crippen LogP contribution is 2.62. The number of carbonyl (C=O) groups is 1. The molecule has 1 aromatic rings. The van der Waals surface area contributed by atoms with Crippen LogP contribution in [-0.2, 0) is 10.2 Å². The molecule has 1 aliphatic heterocycles. The molecule has 0 bridgehead atoms. The average Bonchev–Trinajstić information content (AvgIpc) is 2.85. The van der Waals surface area contributed by atoms with E-state index >= 15 is 0 Å². The quantitative estimate of drug-likeness (QED) is 0.772. The van der Waals surface area contributed by atoms with E-state index in [1.54, 1.807) is 12.1 Å². The Labute approximate surface area is 129 Å². The maximum atomic E-state index is 12.5. The first-order chi connectivity index (χ1) is 10.4. The second-order valence-electron chi connectivity index (χ2n) is 6.93. The zero-order valence-corrected chi connectivity index (χ0v) is 12.8. The van der Waals surface area contributed by atoms with Crippen LogP contribution in [0.3, 0.4) is 0 Å². The van der Waals surface area contributed by atoms with Crippen molar-refractivity contribution in [2.75, 3.05) is 0 Å². The summed E-state index contributed by atoms with van der Waals surface area (Å²) in [5.74, 6) is 0.311. The van der Waals surface area contributed by atoms with E-state index < -0.39 is 17.1 Å². The number of carbonyl (C=O) groups excluding carboxylic acids is 1. The molecule has 0 radical (unpaired) electrons. The second kappa shape index (κ2) is 4.13. The van der Waals surface area contributed by atoms with E-state index in [0.29, 0.717) is 12.2 Å². The summed E-state index contributed by atoms with van der Waals surface area (Å²) in [6.45, 7) is 3.97. The average molecular weight is 300 g/mol. The number of hydrogen-bond acceptors (Lipinski definition) is 4. The zero-order valence-electron chi connectivity index (χ0n) is 12.8. The molecule has 116 valence electrons. The van der Waals surface area contributed by atoms with Gasteiger partial charge in [-0.25, -0.2) is 0 Å². The minimum Gasteiger partial charge on any atom is -0.504 e. The Morgan fingerprint density at radius 2 is 2.14 bits per heavy atom. The molecule has 0 amide bonds. The number of phenolic OH excluding ortho intramolecular Hbond substituents is 1. The van der Waals surface area contributed by atoms with Gasteiger partial charge in [0.2, 0.25) is 0 Å². The summed E-state index contributed by atoms with van der Waals surface area (Å²) in [5, 5.41) is 21.7. The first kappa shape index (κ1) is 13.8. The number of ketones is 1. The number of benzene rings is 1. The summed E-state index contributed by atoms with van der Waals surface area (Å²) in [6, 6.07) is 3.42. The molecule has 1 spiro atoms. The SMILES string of the molecule is Cc1ccc(O)c2c1[C@]13CCC[C@H](C)[C@]1(O)C=CC(=O)[C@@H]3O2. The molecule has 0 unspecified atom stereocenters. The minimum atomic E-state index is -1.12. The van der Waals surface area contributed by atoms with E-state index in [1.807, 2.05) is 19.9 Å². The Morgan fingerprint density at radius 1 is 1.36 bits per heavy atom. The molecule has 1 heterocycles. The number of fused-ring (bicyclic) bond motifs is 1. The lowest BCUT2D eigenvalue weighted by atomic mass is 9.51. The van der Waals surface area contributed by atoms with Gasteiger partial charge >= 0.3 is 0 Å². The van der Waals surface area contributed by atoms with E-state index in [0.717, 1.165) is 24.0 Å². The van der Waals surface area contributed by atoms with Crippen LogP contribution in [0.1, 0.15) is 37.3 Å². The molecular formula is C18H20O4. The van der Waals surface area contributed by atoms with Gasteiger partial charge in [0, 0.05) is 5.56 Å². The largest absolute Gasteiger partial charge is 0.504 e. The molecule has 4 atom stereocenters. The summed E-state index contributed by atoms with van der Waals surface area (Å²) < 4.78 is 5.90. The van der Waals surface area contributed by atoms with Crippen LogP contribution >= 0.6 is 0 Å². The number of phenols is 1. The van der Waals surface area contributed by atoms with Gasteiger partial charge in [-0.15, -0.1) is 0 Å². The number of aryl methyl sites for hydroxylation is 1. The summed E-state index contributed by atoms with van der Waals surface area (Å²) in [4.78, 5) is 12.5. The fourth-order valence-corrected chi connectivity index (χ4v) is 4.82. The fraction of sp³-hybridized carbons (Fsp3) is 0.500. The number of ether oxygens (including phenoxy) is 1. The van der Waals surface area contributed by atoms with Gasteiger partial charge in [0.1, 0.15) is 0 Å². The molecule has 1 fully saturated rings. The Morgan fingerprint density at radius 3 is 2.91 bits per heavy atom. The first-order valence-corrected chi connectivity index (χ1v) is 7.87. The number of hydrogen-bond donors (Lipinski definition) is 2. The van der Waals surface area contributed by atoms with Gasteiger partial charge in [-0.1, -0.05) is 19.4 Å². The van der Waals surface area contributed by atoms with E-state index in [1.165, 1.54) is 6.08 Å². The lowest BCUT2D eigenvalue weighted by molar-refractivity contribution is -0.141. The van der Waals surface area contributed by atoms with Gasteiger partial charge in [0.15, 0.2) is 23.4 Å². The van der Waals surface area contributed by atoms with Crippen molar-refractivity contribution in [3.63, 3.8) is 0 Å². The monoisotopic (exact) mass is 300 g/mol. The van der Waals surface area contributed by atoms with E-state index in [-0.39, 0.29) is 17.5 Å². The molecule has 2 N–H and O–H groups in total. The van der Waals surface area contributed by atoms with Crippen molar-refractivity contribution in [3.8, 4) is 11.5 Å². The molecule has 3 aliphatic rings.